The van der Waals surface area contributed by atoms with Gasteiger partial charge < -0.3 is 10.5 Å². The van der Waals surface area contributed by atoms with Crippen LogP contribution in [0.15, 0.2) is 29.2 Å². The Morgan fingerprint density at radius 1 is 1.56 bits per heavy atom. The van der Waals surface area contributed by atoms with Crippen LogP contribution in [0, 0.1) is 5.82 Å². The van der Waals surface area contributed by atoms with Crippen molar-refractivity contribution in [2.24, 2.45) is 5.73 Å². The van der Waals surface area contributed by atoms with Crippen molar-refractivity contribution in [3.05, 3.63) is 30.1 Å². The summed E-state index contributed by atoms with van der Waals surface area (Å²) in [5.41, 5.74) is 5.58. The molecule has 0 aliphatic heterocycles. The SMILES string of the molecule is CCOC(=O)C(N)CSc1ccccc1F. The third kappa shape index (κ3) is 3.83. The molecule has 0 heterocycles. The second kappa shape index (κ2) is 6.50. The van der Waals surface area contributed by atoms with E-state index in [4.69, 9.17) is 10.5 Å². The number of carbonyl (C=O) groups excluding carboxylic acids is 1. The van der Waals surface area contributed by atoms with Crippen LogP contribution in [-0.2, 0) is 9.53 Å². The van der Waals surface area contributed by atoms with Crippen LogP contribution in [0.4, 0.5) is 4.39 Å². The minimum absolute atomic E-state index is 0.302. The number of rotatable bonds is 5. The zero-order valence-electron chi connectivity index (χ0n) is 8.98. The van der Waals surface area contributed by atoms with Gasteiger partial charge in [-0.3, -0.25) is 4.79 Å². The average molecular weight is 243 g/mol. The lowest BCUT2D eigenvalue weighted by atomic mass is 10.3. The summed E-state index contributed by atoms with van der Waals surface area (Å²) in [4.78, 5) is 11.7. The van der Waals surface area contributed by atoms with Crippen LogP contribution in [0.5, 0.6) is 0 Å². The average Bonchev–Trinajstić information content (AvgIpc) is 2.28. The van der Waals surface area contributed by atoms with Gasteiger partial charge >= 0.3 is 5.97 Å². The number of nitrogens with two attached hydrogens (primary N) is 1. The number of benzene rings is 1. The van der Waals surface area contributed by atoms with Crippen LogP contribution in [0.1, 0.15) is 6.92 Å². The fourth-order valence-electron chi connectivity index (χ4n) is 1.06. The second-order valence-corrected chi connectivity index (χ2v) is 4.16. The first kappa shape index (κ1) is 13.0. The summed E-state index contributed by atoms with van der Waals surface area (Å²) < 4.78 is 18.0. The molecule has 0 fully saturated rings. The Labute approximate surface area is 98.2 Å². The normalized spacial score (nSPS) is 12.2. The van der Waals surface area contributed by atoms with Crippen molar-refractivity contribution in [3.63, 3.8) is 0 Å². The van der Waals surface area contributed by atoms with Crippen molar-refractivity contribution >= 4 is 17.7 Å². The Morgan fingerprint density at radius 3 is 2.88 bits per heavy atom. The van der Waals surface area contributed by atoms with Gasteiger partial charge in [-0.1, -0.05) is 12.1 Å². The second-order valence-electron chi connectivity index (χ2n) is 3.10. The van der Waals surface area contributed by atoms with Gasteiger partial charge in [0.1, 0.15) is 11.9 Å². The van der Waals surface area contributed by atoms with Gasteiger partial charge in [0.25, 0.3) is 0 Å². The van der Waals surface area contributed by atoms with Crippen molar-refractivity contribution in [2.45, 2.75) is 17.9 Å². The molecule has 5 heteroatoms. The van der Waals surface area contributed by atoms with Gasteiger partial charge in [-0.25, -0.2) is 4.39 Å². The largest absolute Gasteiger partial charge is 0.465 e. The van der Waals surface area contributed by atoms with Crippen molar-refractivity contribution < 1.29 is 13.9 Å². The molecule has 0 saturated heterocycles. The Kier molecular flexibility index (Phi) is 5.28. The third-order valence-corrected chi connectivity index (χ3v) is 3.01. The first-order valence-electron chi connectivity index (χ1n) is 4.94. The summed E-state index contributed by atoms with van der Waals surface area (Å²) in [7, 11) is 0. The summed E-state index contributed by atoms with van der Waals surface area (Å²) in [6.07, 6.45) is 0. The molecule has 0 saturated carbocycles. The zero-order chi connectivity index (χ0) is 12.0. The highest BCUT2D eigenvalue weighted by atomic mass is 32.2. The molecule has 3 nitrogen and oxygen atoms in total. The van der Waals surface area contributed by atoms with E-state index in [2.05, 4.69) is 0 Å². The molecule has 16 heavy (non-hydrogen) atoms. The van der Waals surface area contributed by atoms with E-state index >= 15 is 0 Å². The monoisotopic (exact) mass is 243 g/mol. The van der Waals surface area contributed by atoms with E-state index in [1.54, 1.807) is 25.1 Å². The van der Waals surface area contributed by atoms with Gasteiger partial charge in [0, 0.05) is 10.6 Å². The molecule has 0 aliphatic carbocycles. The number of esters is 1. The van der Waals surface area contributed by atoms with Gasteiger partial charge in [-0.05, 0) is 19.1 Å². The quantitative estimate of drug-likeness (QED) is 0.633. The smallest absolute Gasteiger partial charge is 0.323 e. The van der Waals surface area contributed by atoms with Crippen LogP contribution in [0.3, 0.4) is 0 Å². The van der Waals surface area contributed by atoms with Crippen LogP contribution in [0.25, 0.3) is 0 Å². The number of hydrogen-bond acceptors (Lipinski definition) is 4. The van der Waals surface area contributed by atoms with Crippen molar-refractivity contribution in [3.8, 4) is 0 Å². The lowest BCUT2D eigenvalue weighted by Crippen LogP contribution is -2.34. The molecule has 0 spiro atoms. The Morgan fingerprint density at radius 2 is 2.25 bits per heavy atom. The third-order valence-electron chi connectivity index (χ3n) is 1.84. The molecule has 88 valence electrons. The van der Waals surface area contributed by atoms with Crippen LogP contribution in [-0.4, -0.2) is 24.4 Å². The maximum Gasteiger partial charge on any atom is 0.323 e. The number of carbonyl (C=O) groups is 1. The summed E-state index contributed by atoms with van der Waals surface area (Å²) in [5, 5.41) is 0. The lowest BCUT2D eigenvalue weighted by Gasteiger charge is -2.10. The van der Waals surface area contributed by atoms with Gasteiger partial charge in [-0.15, -0.1) is 11.8 Å². The van der Waals surface area contributed by atoms with Crippen molar-refractivity contribution in [1.29, 1.82) is 0 Å². The van der Waals surface area contributed by atoms with Gasteiger partial charge in [0.2, 0.25) is 0 Å². The van der Waals surface area contributed by atoms with Gasteiger partial charge in [-0.2, -0.15) is 0 Å². The van der Waals surface area contributed by atoms with E-state index in [1.807, 2.05) is 0 Å². The molecule has 1 unspecified atom stereocenters. The van der Waals surface area contributed by atoms with E-state index in [1.165, 1.54) is 17.8 Å². The topological polar surface area (TPSA) is 52.3 Å². The van der Waals surface area contributed by atoms with E-state index in [0.29, 0.717) is 17.3 Å². The van der Waals surface area contributed by atoms with Crippen molar-refractivity contribution in [2.75, 3.05) is 12.4 Å². The molecule has 0 aliphatic rings. The molecular weight excluding hydrogens is 229 g/mol. The predicted molar refractivity (Wildman–Crippen MR) is 61.7 cm³/mol. The molecule has 2 N–H and O–H groups in total. The summed E-state index contributed by atoms with van der Waals surface area (Å²) in [5.74, 6) is -0.449. The van der Waals surface area contributed by atoms with E-state index in [9.17, 15) is 9.18 Å². The van der Waals surface area contributed by atoms with Crippen LogP contribution >= 0.6 is 11.8 Å². The molecule has 1 aromatic carbocycles. The van der Waals surface area contributed by atoms with Gasteiger partial charge in [0.05, 0.1) is 6.61 Å². The molecule has 1 rings (SSSR count). The molecular formula is C11H14FNO2S. The van der Waals surface area contributed by atoms with E-state index < -0.39 is 12.0 Å². The molecule has 0 radical (unpaired) electrons. The fraction of sp³-hybridized carbons (Fsp3) is 0.364. The van der Waals surface area contributed by atoms with Crippen molar-refractivity contribution in [1.82, 2.24) is 0 Å². The van der Waals surface area contributed by atoms with Crippen LogP contribution in [0.2, 0.25) is 0 Å². The molecule has 1 atom stereocenters. The minimum Gasteiger partial charge on any atom is -0.465 e. The predicted octanol–water partition coefficient (Wildman–Crippen LogP) is 1.81. The maximum absolute atomic E-state index is 13.2. The fourth-order valence-corrected chi connectivity index (χ4v) is 1.93. The van der Waals surface area contributed by atoms with E-state index in [-0.39, 0.29) is 5.82 Å². The summed E-state index contributed by atoms with van der Waals surface area (Å²) in [6, 6.07) is 5.66. The Bertz CT molecular complexity index is 360. The zero-order valence-corrected chi connectivity index (χ0v) is 9.80. The number of ether oxygens (including phenoxy) is 1. The Hall–Kier alpha value is -1.07. The maximum atomic E-state index is 13.2. The minimum atomic E-state index is -0.718. The lowest BCUT2D eigenvalue weighted by molar-refractivity contribution is -0.144. The number of thioether (sulfide) groups is 1. The van der Waals surface area contributed by atoms with Crippen LogP contribution < -0.4 is 5.73 Å². The first-order chi connectivity index (χ1) is 7.65. The molecule has 1 aromatic rings. The highest BCUT2D eigenvalue weighted by Gasteiger charge is 2.15. The highest BCUT2D eigenvalue weighted by Crippen LogP contribution is 2.21. The molecule has 0 bridgehead atoms. The first-order valence-corrected chi connectivity index (χ1v) is 5.93. The van der Waals surface area contributed by atoms with E-state index in [0.717, 1.165) is 0 Å². The summed E-state index contributed by atoms with van der Waals surface area (Å²) >= 11 is 1.21. The Balaban J connectivity index is 2.46. The summed E-state index contributed by atoms with van der Waals surface area (Å²) in [6.45, 7) is 2.02. The standard InChI is InChI=1S/C11H14FNO2S/c1-2-15-11(14)9(13)7-16-10-6-4-3-5-8(10)12/h3-6,9H,2,7,13H2,1H3. The molecule has 0 aromatic heterocycles. The molecule has 0 amide bonds. The highest BCUT2D eigenvalue weighted by molar-refractivity contribution is 7.99. The van der Waals surface area contributed by atoms with Gasteiger partial charge in [0.15, 0.2) is 0 Å². The number of hydrogen-bond donors (Lipinski definition) is 1. The number of halogens is 1.